The van der Waals surface area contributed by atoms with Gasteiger partial charge >= 0.3 is 5.97 Å². The van der Waals surface area contributed by atoms with Crippen LogP contribution in [-0.4, -0.2) is 52.5 Å². The van der Waals surface area contributed by atoms with Crippen LogP contribution in [0.1, 0.15) is 39.5 Å². The number of thioether (sulfide) groups is 1. The van der Waals surface area contributed by atoms with Gasteiger partial charge in [-0.05, 0) is 49.4 Å². The van der Waals surface area contributed by atoms with Crippen LogP contribution in [0.3, 0.4) is 0 Å². The van der Waals surface area contributed by atoms with Gasteiger partial charge in [0.05, 0.1) is 31.6 Å². The van der Waals surface area contributed by atoms with Crippen LogP contribution in [0.4, 0.5) is 5.69 Å². The number of aromatic nitrogens is 3. The Morgan fingerprint density at radius 2 is 1.86 bits per heavy atom. The van der Waals surface area contributed by atoms with Gasteiger partial charge in [-0.15, -0.1) is 16.8 Å². The van der Waals surface area contributed by atoms with Crippen molar-refractivity contribution in [2.24, 2.45) is 0 Å². The van der Waals surface area contributed by atoms with Crippen molar-refractivity contribution in [1.29, 1.82) is 0 Å². The summed E-state index contributed by atoms with van der Waals surface area (Å²) >= 11 is 1.20. The van der Waals surface area contributed by atoms with E-state index < -0.39 is 12.0 Å². The van der Waals surface area contributed by atoms with E-state index in [1.54, 1.807) is 73.2 Å². The molecule has 2 N–H and O–H groups in total. The van der Waals surface area contributed by atoms with Crippen molar-refractivity contribution < 1.29 is 23.9 Å². The summed E-state index contributed by atoms with van der Waals surface area (Å²) in [5, 5.41) is 14.6. The summed E-state index contributed by atoms with van der Waals surface area (Å²) in [6.07, 6.45) is 1.69. The second-order valence-electron chi connectivity index (χ2n) is 7.57. The lowest BCUT2D eigenvalue weighted by Crippen LogP contribution is -2.28. The summed E-state index contributed by atoms with van der Waals surface area (Å²) in [7, 11) is 2.86. The van der Waals surface area contributed by atoms with Crippen LogP contribution in [-0.2, 0) is 16.1 Å². The number of amides is 2. The predicted molar refractivity (Wildman–Crippen MR) is 136 cm³/mol. The molecule has 0 aliphatic rings. The van der Waals surface area contributed by atoms with Gasteiger partial charge in [-0.25, -0.2) is 4.79 Å². The molecule has 11 heteroatoms. The molecule has 188 valence electrons. The van der Waals surface area contributed by atoms with Gasteiger partial charge in [-0.1, -0.05) is 23.9 Å². The first-order valence-electron chi connectivity index (χ1n) is 11.0. The highest BCUT2D eigenvalue weighted by Gasteiger charge is 2.20. The molecule has 0 spiro atoms. The number of hydrogen-bond donors (Lipinski definition) is 2. The molecule has 0 saturated carbocycles. The molecule has 1 heterocycles. The SMILES string of the molecule is C=CCn1c(SCC(=O)Nc2cccc(C(=O)OC)c2)nnc1[C@H](C)NC(=O)c1ccc(OC)cc1. The molecule has 3 rings (SSSR count). The van der Waals surface area contributed by atoms with E-state index in [0.29, 0.717) is 40.1 Å². The van der Waals surface area contributed by atoms with Crippen LogP contribution in [0.2, 0.25) is 0 Å². The fraction of sp³-hybridized carbons (Fsp3) is 0.240. The number of methoxy groups -OCH3 is 2. The number of nitrogens with zero attached hydrogens (tertiary/aromatic N) is 3. The van der Waals surface area contributed by atoms with E-state index in [9.17, 15) is 14.4 Å². The van der Waals surface area contributed by atoms with Crippen LogP contribution in [0, 0.1) is 0 Å². The predicted octanol–water partition coefficient (Wildman–Crippen LogP) is 3.48. The third-order valence-corrected chi connectivity index (χ3v) is 6.01. The van der Waals surface area contributed by atoms with Gasteiger partial charge in [0.2, 0.25) is 5.91 Å². The molecule has 2 aromatic carbocycles. The summed E-state index contributed by atoms with van der Waals surface area (Å²) in [6.45, 7) is 5.99. The summed E-state index contributed by atoms with van der Waals surface area (Å²) < 4.78 is 11.6. The molecule has 3 aromatic rings. The summed E-state index contributed by atoms with van der Waals surface area (Å²) in [5.74, 6) is 0.222. The third kappa shape index (κ3) is 6.72. The number of esters is 1. The van der Waals surface area contributed by atoms with Gasteiger partial charge in [0.1, 0.15) is 5.75 Å². The van der Waals surface area contributed by atoms with E-state index >= 15 is 0 Å². The number of anilines is 1. The first kappa shape index (κ1) is 26.5. The molecular formula is C25H27N5O5S. The summed E-state index contributed by atoms with van der Waals surface area (Å²) in [6, 6.07) is 12.8. The minimum atomic E-state index is -0.487. The zero-order chi connectivity index (χ0) is 26.1. The molecule has 0 bridgehead atoms. The van der Waals surface area contributed by atoms with Gasteiger partial charge in [-0.3, -0.25) is 9.59 Å². The second-order valence-corrected chi connectivity index (χ2v) is 8.52. The van der Waals surface area contributed by atoms with Crippen molar-refractivity contribution in [2.75, 3.05) is 25.3 Å². The quantitative estimate of drug-likeness (QED) is 0.229. The van der Waals surface area contributed by atoms with Crippen LogP contribution in [0.15, 0.2) is 66.3 Å². The van der Waals surface area contributed by atoms with Gasteiger partial charge < -0.3 is 24.7 Å². The molecule has 1 aromatic heterocycles. The third-order valence-electron chi connectivity index (χ3n) is 5.04. The average molecular weight is 510 g/mol. The fourth-order valence-corrected chi connectivity index (χ4v) is 4.04. The standard InChI is InChI=1S/C25H27N5O5S/c1-5-13-30-22(16(2)26-23(32)17-9-11-20(34-3)12-10-17)28-29-25(30)36-15-21(31)27-19-8-6-7-18(14-19)24(33)35-4/h5-12,14,16H,1,13,15H2,2-4H3,(H,26,32)(H,27,31)/t16-/m0/s1. The van der Waals surface area contributed by atoms with Crippen LogP contribution in [0.25, 0.3) is 0 Å². The molecule has 0 saturated heterocycles. The number of carbonyl (C=O) groups is 3. The number of nitrogens with one attached hydrogen (secondary N) is 2. The number of ether oxygens (including phenoxy) is 2. The lowest BCUT2D eigenvalue weighted by atomic mass is 10.2. The fourth-order valence-electron chi connectivity index (χ4n) is 3.28. The Balaban J connectivity index is 1.64. The highest BCUT2D eigenvalue weighted by Crippen LogP contribution is 2.22. The van der Waals surface area contributed by atoms with Crippen molar-refractivity contribution in [3.63, 3.8) is 0 Å². The van der Waals surface area contributed by atoms with E-state index in [1.807, 2.05) is 0 Å². The molecule has 0 unspecified atom stereocenters. The Kier molecular flexibility index (Phi) is 9.23. The molecule has 2 amide bonds. The average Bonchev–Trinajstić information content (AvgIpc) is 3.30. The molecule has 1 atom stereocenters. The van der Waals surface area contributed by atoms with E-state index in [2.05, 4.69) is 27.4 Å². The monoisotopic (exact) mass is 509 g/mol. The molecular weight excluding hydrogens is 482 g/mol. The summed E-state index contributed by atoms with van der Waals surface area (Å²) in [5.41, 5.74) is 1.30. The van der Waals surface area contributed by atoms with Gasteiger partial charge in [0.15, 0.2) is 11.0 Å². The number of rotatable bonds is 11. The molecule has 0 fully saturated rings. The minimum absolute atomic E-state index is 0.0598. The highest BCUT2D eigenvalue weighted by atomic mass is 32.2. The molecule has 10 nitrogen and oxygen atoms in total. The van der Waals surface area contributed by atoms with Crippen molar-refractivity contribution in [3.05, 3.63) is 78.1 Å². The zero-order valence-corrected chi connectivity index (χ0v) is 21.0. The van der Waals surface area contributed by atoms with Crippen LogP contribution < -0.4 is 15.4 Å². The van der Waals surface area contributed by atoms with Gasteiger partial charge in [0, 0.05) is 17.8 Å². The van der Waals surface area contributed by atoms with E-state index in [-0.39, 0.29) is 17.6 Å². The summed E-state index contributed by atoms with van der Waals surface area (Å²) in [4.78, 5) is 36.9. The Hall–Kier alpha value is -4.12. The maximum absolute atomic E-state index is 12.7. The van der Waals surface area contributed by atoms with Crippen LogP contribution in [0.5, 0.6) is 5.75 Å². The van der Waals surface area contributed by atoms with Crippen molar-refractivity contribution in [3.8, 4) is 5.75 Å². The Bertz CT molecular complexity index is 1240. The van der Waals surface area contributed by atoms with Gasteiger partial charge in [0.25, 0.3) is 5.91 Å². The molecule has 0 aliphatic carbocycles. The zero-order valence-electron chi connectivity index (χ0n) is 20.2. The minimum Gasteiger partial charge on any atom is -0.497 e. The number of benzene rings is 2. The number of carbonyl (C=O) groups excluding carboxylic acids is 3. The number of allylic oxidation sites excluding steroid dienone is 1. The van der Waals surface area contributed by atoms with E-state index in [1.165, 1.54) is 18.9 Å². The van der Waals surface area contributed by atoms with Crippen LogP contribution >= 0.6 is 11.8 Å². The van der Waals surface area contributed by atoms with E-state index in [4.69, 9.17) is 9.47 Å². The van der Waals surface area contributed by atoms with Crippen molar-refractivity contribution in [1.82, 2.24) is 20.1 Å². The Morgan fingerprint density at radius 1 is 1.11 bits per heavy atom. The first-order chi connectivity index (χ1) is 17.4. The first-order valence-corrected chi connectivity index (χ1v) is 11.9. The lowest BCUT2D eigenvalue weighted by molar-refractivity contribution is -0.113. The van der Waals surface area contributed by atoms with Crippen molar-refractivity contribution in [2.45, 2.75) is 24.7 Å². The normalized spacial score (nSPS) is 11.3. The topological polar surface area (TPSA) is 124 Å². The molecule has 0 radical (unpaired) electrons. The van der Waals surface area contributed by atoms with Gasteiger partial charge in [-0.2, -0.15) is 0 Å². The maximum atomic E-state index is 12.7. The lowest BCUT2D eigenvalue weighted by Gasteiger charge is -2.15. The molecule has 0 aliphatic heterocycles. The Labute approximate surface area is 213 Å². The molecule has 36 heavy (non-hydrogen) atoms. The largest absolute Gasteiger partial charge is 0.497 e. The second kappa shape index (κ2) is 12.5. The smallest absolute Gasteiger partial charge is 0.337 e. The number of hydrogen-bond acceptors (Lipinski definition) is 8. The van der Waals surface area contributed by atoms with E-state index in [0.717, 1.165) is 0 Å². The maximum Gasteiger partial charge on any atom is 0.337 e. The van der Waals surface area contributed by atoms with Crippen molar-refractivity contribution >= 4 is 35.2 Å². The highest BCUT2D eigenvalue weighted by molar-refractivity contribution is 7.99. The Morgan fingerprint density at radius 3 is 2.53 bits per heavy atom.